The summed E-state index contributed by atoms with van der Waals surface area (Å²) < 4.78 is 16.0. The zero-order valence-electron chi connectivity index (χ0n) is 16.4. The summed E-state index contributed by atoms with van der Waals surface area (Å²) in [7, 11) is 1.34. The second-order valence-electron chi connectivity index (χ2n) is 7.49. The Morgan fingerprint density at radius 3 is 2.41 bits per heavy atom. The highest BCUT2D eigenvalue weighted by Crippen LogP contribution is 2.31. The molecule has 3 rings (SSSR count). The number of fused-ring (bicyclic) bond motifs is 1. The molecule has 8 heteroatoms. The third kappa shape index (κ3) is 3.99. The summed E-state index contributed by atoms with van der Waals surface area (Å²) in [6, 6.07) is 3.54. The molecule has 0 aliphatic carbocycles. The standard InChI is InChI=1S/C19H25N3O5/c1-12-20-15-13(17(23)25-5)6-7-14(16(15)26-12)21-8-10-22(11-9-21)18(24)27-19(2,3)4/h6-7H,8-11H2,1-5H3. The smallest absolute Gasteiger partial charge is 0.410 e. The predicted molar refractivity (Wildman–Crippen MR) is 100 cm³/mol. The number of hydrogen-bond acceptors (Lipinski definition) is 7. The summed E-state index contributed by atoms with van der Waals surface area (Å²) in [5, 5.41) is 0. The largest absolute Gasteiger partial charge is 0.465 e. The Labute approximate surface area is 158 Å². The van der Waals surface area contributed by atoms with Gasteiger partial charge in [0.25, 0.3) is 0 Å². The fraction of sp³-hybridized carbons (Fsp3) is 0.526. The fourth-order valence-electron chi connectivity index (χ4n) is 3.08. The van der Waals surface area contributed by atoms with Crippen LogP contribution in [0.4, 0.5) is 10.5 Å². The van der Waals surface area contributed by atoms with Gasteiger partial charge in [-0.1, -0.05) is 0 Å². The molecule has 1 aromatic carbocycles. The molecule has 0 N–H and O–H groups in total. The van der Waals surface area contributed by atoms with Gasteiger partial charge in [0.1, 0.15) is 11.1 Å². The van der Waals surface area contributed by atoms with Crippen LogP contribution in [0, 0.1) is 6.92 Å². The van der Waals surface area contributed by atoms with Crippen molar-refractivity contribution in [2.24, 2.45) is 0 Å². The Balaban J connectivity index is 1.80. The van der Waals surface area contributed by atoms with E-state index in [2.05, 4.69) is 9.88 Å². The van der Waals surface area contributed by atoms with Gasteiger partial charge in [-0.15, -0.1) is 0 Å². The molecule has 0 atom stereocenters. The summed E-state index contributed by atoms with van der Waals surface area (Å²) in [5.41, 5.74) is 1.76. The van der Waals surface area contributed by atoms with Crippen LogP contribution in [0.25, 0.3) is 11.1 Å². The van der Waals surface area contributed by atoms with Gasteiger partial charge in [0.2, 0.25) is 0 Å². The molecule has 0 saturated carbocycles. The van der Waals surface area contributed by atoms with Crippen molar-refractivity contribution in [1.29, 1.82) is 0 Å². The highest BCUT2D eigenvalue weighted by atomic mass is 16.6. The van der Waals surface area contributed by atoms with Gasteiger partial charge in [-0.3, -0.25) is 0 Å². The molecule has 27 heavy (non-hydrogen) atoms. The predicted octanol–water partition coefficient (Wildman–Crippen LogP) is 2.98. The number of aromatic nitrogens is 1. The quantitative estimate of drug-likeness (QED) is 0.746. The first kappa shape index (κ1) is 19.0. The molecule has 1 saturated heterocycles. The Morgan fingerprint density at radius 1 is 1.15 bits per heavy atom. The topological polar surface area (TPSA) is 85.1 Å². The molecule has 1 aliphatic heterocycles. The Kier molecular flexibility index (Phi) is 4.99. The van der Waals surface area contributed by atoms with Crippen molar-refractivity contribution in [3.8, 4) is 0 Å². The van der Waals surface area contributed by atoms with E-state index in [-0.39, 0.29) is 6.09 Å². The summed E-state index contributed by atoms with van der Waals surface area (Å²) in [4.78, 5) is 32.4. The third-order valence-electron chi connectivity index (χ3n) is 4.31. The Bertz CT molecular complexity index is 860. The van der Waals surface area contributed by atoms with Gasteiger partial charge in [0.05, 0.1) is 18.4 Å². The molecule has 8 nitrogen and oxygen atoms in total. The maximum absolute atomic E-state index is 12.2. The van der Waals surface area contributed by atoms with Crippen LogP contribution in [0.3, 0.4) is 0 Å². The van der Waals surface area contributed by atoms with Gasteiger partial charge in [-0.25, -0.2) is 14.6 Å². The normalized spacial score (nSPS) is 15.1. The number of esters is 1. The third-order valence-corrected chi connectivity index (χ3v) is 4.31. The minimum Gasteiger partial charge on any atom is -0.465 e. The Hall–Kier alpha value is -2.77. The fourth-order valence-corrected chi connectivity index (χ4v) is 3.08. The zero-order chi connectivity index (χ0) is 19.8. The number of ether oxygens (including phenoxy) is 2. The molecular formula is C19H25N3O5. The van der Waals surface area contributed by atoms with Gasteiger partial charge in [-0.2, -0.15) is 0 Å². The molecule has 1 aromatic heterocycles. The number of amides is 1. The molecule has 0 bridgehead atoms. The maximum atomic E-state index is 12.2. The zero-order valence-corrected chi connectivity index (χ0v) is 16.4. The lowest BCUT2D eigenvalue weighted by atomic mass is 10.1. The van der Waals surface area contributed by atoms with Crippen molar-refractivity contribution >= 4 is 28.8 Å². The van der Waals surface area contributed by atoms with Crippen LogP contribution in [0.2, 0.25) is 0 Å². The van der Waals surface area contributed by atoms with E-state index in [1.54, 1.807) is 17.9 Å². The van der Waals surface area contributed by atoms with Crippen LogP contribution in [0.15, 0.2) is 16.5 Å². The van der Waals surface area contributed by atoms with Crippen molar-refractivity contribution in [2.75, 3.05) is 38.2 Å². The highest BCUT2D eigenvalue weighted by Gasteiger charge is 2.28. The number of hydrogen-bond donors (Lipinski definition) is 0. The molecular weight excluding hydrogens is 350 g/mol. The molecule has 0 radical (unpaired) electrons. The van der Waals surface area contributed by atoms with Gasteiger partial charge in [-0.05, 0) is 32.9 Å². The average molecular weight is 375 g/mol. The summed E-state index contributed by atoms with van der Waals surface area (Å²) in [5.74, 6) is 0.0320. The van der Waals surface area contributed by atoms with E-state index in [1.807, 2.05) is 26.8 Å². The van der Waals surface area contributed by atoms with E-state index in [0.29, 0.717) is 48.7 Å². The van der Waals surface area contributed by atoms with E-state index >= 15 is 0 Å². The lowest BCUT2D eigenvalue weighted by Crippen LogP contribution is -2.50. The molecule has 146 valence electrons. The van der Waals surface area contributed by atoms with E-state index in [9.17, 15) is 9.59 Å². The first-order valence-electron chi connectivity index (χ1n) is 8.91. The van der Waals surface area contributed by atoms with Gasteiger partial charge < -0.3 is 23.7 Å². The van der Waals surface area contributed by atoms with Crippen LogP contribution in [0.5, 0.6) is 0 Å². The monoisotopic (exact) mass is 375 g/mol. The SMILES string of the molecule is COC(=O)c1ccc(N2CCN(C(=O)OC(C)(C)C)CC2)c2oc(C)nc12. The number of carbonyl (C=O) groups is 2. The number of aryl methyl sites for hydroxylation is 1. The number of methoxy groups -OCH3 is 1. The summed E-state index contributed by atoms with van der Waals surface area (Å²) >= 11 is 0. The first-order chi connectivity index (χ1) is 12.7. The summed E-state index contributed by atoms with van der Waals surface area (Å²) in [6.45, 7) is 9.65. The lowest BCUT2D eigenvalue weighted by Gasteiger charge is -2.36. The lowest BCUT2D eigenvalue weighted by molar-refractivity contribution is 0.0240. The van der Waals surface area contributed by atoms with Crippen LogP contribution in [-0.2, 0) is 9.47 Å². The molecule has 2 aromatic rings. The van der Waals surface area contributed by atoms with E-state index < -0.39 is 11.6 Å². The molecule has 0 spiro atoms. The average Bonchev–Trinajstić information content (AvgIpc) is 3.00. The van der Waals surface area contributed by atoms with E-state index in [1.165, 1.54) is 7.11 Å². The van der Waals surface area contributed by atoms with Crippen LogP contribution < -0.4 is 4.90 Å². The maximum Gasteiger partial charge on any atom is 0.410 e. The molecule has 0 unspecified atom stereocenters. The molecule has 1 aliphatic rings. The number of oxazole rings is 1. The second kappa shape index (κ2) is 7.09. The number of nitrogens with zero attached hydrogens (tertiary/aromatic N) is 3. The van der Waals surface area contributed by atoms with Crippen molar-refractivity contribution in [2.45, 2.75) is 33.3 Å². The van der Waals surface area contributed by atoms with Crippen molar-refractivity contribution in [1.82, 2.24) is 9.88 Å². The van der Waals surface area contributed by atoms with E-state index in [4.69, 9.17) is 13.9 Å². The minimum atomic E-state index is -0.512. The number of rotatable bonds is 2. The van der Waals surface area contributed by atoms with Crippen molar-refractivity contribution < 1.29 is 23.5 Å². The van der Waals surface area contributed by atoms with Crippen LogP contribution >= 0.6 is 0 Å². The minimum absolute atomic E-state index is 0.302. The van der Waals surface area contributed by atoms with Gasteiger partial charge in [0, 0.05) is 33.1 Å². The van der Waals surface area contributed by atoms with Crippen LogP contribution in [0.1, 0.15) is 37.0 Å². The van der Waals surface area contributed by atoms with Crippen LogP contribution in [-0.4, -0.2) is 60.8 Å². The Morgan fingerprint density at radius 2 is 1.81 bits per heavy atom. The molecule has 1 amide bonds. The number of anilines is 1. The molecule has 1 fully saturated rings. The van der Waals surface area contributed by atoms with Crippen molar-refractivity contribution in [3.63, 3.8) is 0 Å². The van der Waals surface area contributed by atoms with Gasteiger partial charge >= 0.3 is 12.1 Å². The highest BCUT2D eigenvalue weighted by molar-refractivity contribution is 6.04. The van der Waals surface area contributed by atoms with E-state index in [0.717, 1.165) is 5.69 Å². The number of piperazine rings is 1. The number of benzene rings is 1. The molecule has 2 heterocycles. The van der Waals surface area contributed by atoms with Gasteiger partial charge in [0.15, 0.2) is 11.5 Å². The second-order valence-corrected chi connectivity index (χ2v) is 7.49. The van der Waals surface area contributed by atoms with Crippen molar-refractivity contribution in [3.05, 3.63) is 23.6 Å². The number of carbonyl (C=O) groups excluding carboxylic acids is 2. The first-order valence-corrected chi connectivity index (χ1v) is 8.91. The summed E-state index contributed by atoms with van der Waals surface area (Å²) in [6.07, 6.45) is -0.302.